The van der Waals surface area contributed by atoms with Gasteiger partial charge in [0.1, 0.15) is 17.0 Å². The monoisotopic (exact) mass is 387 g/mol. The molecule has 0 spiro atoms. The van der Waals surface area contributed by atoms with Gasteiger partial charge < -0.3 is 10.1 Å². The van der Waals surface area contributed by atoms with Crippen LogP contribution >= 0.6 is 0 Å². The van der Waals surface area contributed by atoms with Crippen LogP contribution in [0.25, 0.3) is 11.0 Å². The first kappa shape index (κ1) is 18.9. The lowest BCUT2D eigenvalue weighted by Gasteiger charge is -2.07. The van der Waals surface area contributed by atoms with Crippen molar-refractivity contribution in [3.05, 3.63) is 57.9 Å². The zero-order valence-electron chi connectivity index (χ0n) is 14.6. The summed E-state index contributed by atoms with van der Waals surface area (Å²) in [4.78, 5) is 34.2. The molecule has 0 saturated carbocycles. The lowest BCUT2D eigenvalue weighted by molar-refractivity contribution is -0.384. The number of fused-ring (bicyclic) bond motifs is 1. The Kier molecular flexibility index (Phi) is 5.25. The molecule has 0 unspecified atom stereocenters. The minimum absolute atomic E-state index is 0.177. The molecule has 1 N–H and O–H groups in total. The van der Waals surface area contributed by atoms with Gasteiger partial charge >= 0.3 is 5.97 Å². The molecule has 144 valence electrons. The Morgan fingerprint density at radius 2 is 2.07 bits per heavy atom. The number of nitro benzene ring substituents is 1. The normalized spacial score (nSPS) is 10.6. The van der Waals surface area contributed by atoms with Crippen LogP contribution in [0.15, 0.2) is 36.4 Å². The van der Waals surface area contributed by atoms with Crippen LogP contribution < -0.4 is 5.32 Å². The van der Waals surface area contributed by atoms with Crippen LogP contribution in [-0.2, 0) is 16.1 Å². The lowest BCUT2D eigenvalue weighted by Crippen LogP contribution is -2.21. The predicted octanol–water partition coefficient (Wildman–Crippen LogP) is 2.29. The number of anilines is 1. The fourth-order valence-electron chi connectivity index (χ4n) is 2.49. The van der Waals surface area contributed by atoms with E-state index in [-0.39, 0.29) is 11.3 Å². The number of carbonyl (C=O) groups is 2. The van der Waals surface area contributed by atoms with Crippen molar-refractivity contribution < 1.29 is 23.6 Å². The summed E-state index contributed by atoms with van der Waals surface area (Å²) >= 11 is 0. The van der Waals surface area contributed by atoms with Gasteiger partial charge in [-0.2, -0.15) is 0 Å². The van der Waals surface area contributed by atoms with Gasteiger partial charge in [-0.1, -0.05) is 5.21 Å². The van der Waals surface area contributed by atoms with E-state index < -0.39 is 34.9 Å². The molecule has 10 nitrogen and oxygen atoms in total. The van der Waals surface area contributed by atoms with Crippen molar-refractivity contribution in [2.24, 2.45) is 0 Å². The number of esters is 1. The zero-order chi connectivity index (χ0) is 20.3. The number of hydrogen-bond acceptors (Lipinski definition) is 7. The SMILES string of the molecule is CCn1nnc2cc(C(=O)OCC(=O)Nc3ccc(F)cc3[N+](=O)[O-])ccc21. The number of benzene rings is 2. The third-order valence-electron chi connectivity index (χ3n) is 3.81. The molecule has 1 heterocycles. The zero-order valence-corrected chi connectivity index (χ0v) is 14.6. The Morgan fingerprint density at radius 3 is 2.79 bits per heavy atom. The van der Waals surface area contributed by atoms with Gasteiger partial charge in [0.15, 0.2) is 6.61 Å². The smallest absolute Gasteiger partial charge is 0.338 e. The highest BCUT2D eigenvalue weighted by molar-refractivity contribution is 5.98. The maximum atomic E-state index is 13.1. The summed E-state index contributed by atoms with van der Waals surface area (Å²) < 4.78 is 19.7. The molecule has 0 aliphatic carbocycles. The van der Waals surface area contributed by atoms with Crippen molar-refractivity contribution >= 4 is 34.3 Å². The summed E-state index contributed by atoms with van der Waals surface area (Å²) in [5.74, 6) is -2.38. The first-order valence-corrected chi connectivity index (χ1v) is 8.13. The van der Waals surface area contributed by atoms with E-state index in [1.54, 1.807) is 10.7 Å². The first-order valence-electron chi connectivity index (χ1n) is 8.13. The van der Waals surface area contributed by atoms with Crippen LogP contribution in [0.1, 0.15) is 17.3 Å². The molecule has 0 saturated heterocycles. The molecule has 2 aromatic carbocycles. The fraction of sp³-hybridized carbons (Fsp3) is 0.176. The number of halogens is 1. The number of amides is 1. The summed E-state index contributed by atoms with van der Waals surface area (Å²) in [6.45, 7) is 1.85. The first-order chi connectivity index (χ1) is 13.4. The van der Waals surface area contributed by atoms with E-state index in [1.165, 1.54) is 12.1 Å². The Bertz CT molecular complexity index is 1080. The average molecular weight is 387 g/mol. The van der Waals surface area contributed by atoms with Gasteiger partial charge in [-0.15, -0.1) is 5.10 Å². The van der Waals surface area contributed by atoms with Crippen molar-refractivity contribution in [1.82, 2.24) is 15.0 Å². The number of carbonyl (C=O) groups excluding carboxylic acids is 2. The Balaban J connectivity index is 1.65. The van der Waals surface area contributed by atoms with Gasteiger partial charge in [-0.25, -0.2) is 13.9 Å². The highest BCUT2D eigenvalue weighted by Crippen LogP contribution is 2.24. The van der Waals surface area contributed by atoms with Gasteiger partial charge in [0.05, 0.1) is 22.1 Å². The van der Waals surface area contributed by atoms with Crippen molar-refractivity contribution in [2.45, 2.75) is 13.5 Å². The number of nitrogens with zero attached hydrogens (tertiary/aromatic N) is 4. The van der Waals surface area contributed by atoms with Crippen LogP contribution in [0.3, 0.4) is 0 Å². The number of aryl methyl sites for hydroxylation is 1. The summed E-state index contributed by atoms with van der Waals surface area (Å²) in [6, 6.07) is 7.37. The van der Waals surface area contributed by atoms with E-state index in [4.69, 9.17) is 4.74 Å². The molecule has 0 atom stereocenters. The van der Waals surface area contributed by atoms with Crippen LogP contribution in [0, 0.1) is 15.9 Å². The number of nitrogens with one attached hydrogen (secondary N) is 1. The minimum Gasteiger partial charge on any atom is -0.452 e. The van der Waals surface area contributed by atoms with E-state index in [1.807, 2.05) is 6.92 Å². The lowest BCUT2D eigenvalue weighted by atomic mass is 10.2. The number of ether oxygens (including phenoxy) is 1. The molecule has 3 aromatic rings. The topological polar surface area (TPSA) is 129 Å². The fourth-order valence-corrected chi connectivity index (χ4v) is 2.49. The third kappa shape index (κ3) is 3.92. The Morgan fingerprint density at radius 1 is 1.29 bits per heavy atom. The van der Waals surface area contributed by atoms with E-state index in [2.05, 4.69) is 15.6 Å². The maximum absolute atomic E-state index is 13.1. The third-order valence-corrected chi connectivity index (χ3v) is 3.81. The van der Waals surface area contributed by atoms with E-state index in [9.17, 15) is 24.1 Å². The predicted molar refractivity (Wildman–Crippen MR) is 95.2 cm³/mol. The van der Waals surface area contributed by atoms with Crippen LogP contribution in [0.4, 0.5) is 15.8 Å². The molecular weight excluding hydrogens is 373 g/mol. The molecule has 0 fully saturated rings. The maximum Gasteiger partial charge on any atom is 0.338 e. The van der Waals surface area contributed by atoms with E-state index in [0.717, 1.165) is 17.6 Å². The molecule has 1 amide bonds. The summed E-state index contributed by atoms with van der Waals surface area (Å²) in [5.41, 5.74) is 0.619. The summed E-state index contributed by atoms with van der Waals surface area (Å²) in [6.07, 6.45) is 0. The second-order valence-electron chi connectivity index (χ2n) is 5.65. The second-order valence-corrected chi connectivity index (χ2v) is 5.65. The molecular formula is C17H14FN5O5. The molecule has 11 heteroatoms. The van der Waals surface area contributed by atoms with E-state index >= 15 is 0 Å². The van der Waals surface area contributed by atoms with Gasteiger partial charge in [0, 0.05) is 6.54 Å². The second kappa shape index (κ2) is 7.78. The molecule has 1 aromatic heterocycles. The average Bonchev–Trinajstić information content (AvgIpc) is 3.09. The van der Waals surface area contributed by atoms with Gasteiger partial charge in [-0.05, 0) is 37.3 Å². The number of hydrogen-bond donors (Lipinski definition) is 1. The Labute approximate surface area is 157 Å². The summed E-state index contributed by atoms with van der Waals surface area (Å²) in [7, 11) is 0. The van der Waals surface area contributed by atoms with Crippen molar-refractivity contribution in [2.75, 3.05) is 11.9 Å². The van der Waals surface area contributed by atoms with Gasteiger partial charge in [0.25, 0.3) is 11.6 Å². The standard InChI is InChI=1S/C17H14FN5O5/c1-2-22-14-6-3-10(7-13(14)20-21-22)17(25)28-9-16(24)19-12-5-4-11(18)8-15(12)23(26)27/h3-8H,2,9H2,1H3,(H,19,24). The van der Waals surface area contributed by atoms with Crippen LogP contribution in [0.2, 0.25) is 0 Å². The van der Waals surface area contributed by atoms with Gasteiger partial charge in [-0.3, -0.25) is 14.9 Å². The molecule has 3 rings (SSSR count). The molecule has 28 heavy (non-hydrogen) atoms. The summed E-state index contributed by atoms with van der Waals surface area (Å²) in [5, 5.41) is 21.0. The minimum atomic E-state index is -0.830. The highest BCUT2D eigenvalue weighted by atomic mass is 19.1. The number of nitro groups is 1. The van der Waals surface area contributed by atoms with Crippen LogP contribution in [-0.4, -0.2) is 38.4 Å². The van der Waals surface area contributed by atoms with Crippen LogP contribution in [0.5, 0.6) is 0 Å². The molecule has 0 radical (unpaired) electrons. The quantitative estimate of drug-likeness (QED) is 0.390. The largest absolute Gasteiger partial charge is 0.452 e. The number of aromatic nitrogens is 3. The van der Waals surface area contributed by atoms with Crippen molar-refractivity contribution in [1.29, 1.82) is 0 Å². The molecule has 0 bridgehead atoms. The van der Waals surface area contributed by atoms with Gasteiger partial charge in [0.2, 0.25) is 0 Å². The molecule has 0 aliphatic rings. The molecule has 0 aliphatic heterocycles. The Hall–Kier alpha value is -3.89. The van der Waals surface area contributed by atoms with Crippen molar-refractivity contribution in [3.8, 4) is 0 Å². The highest BCUT2D eigenvalue weighted by Gasteiger charge is 2.18. The van der Waals surface area contributed by atoms with Crippen molar-refractivity contribution in [3.63, 3.8) is 0 Å². The number of rotatable bonds is 6. The van der Waals surface area contributed by atoms with E-state index in [0.29, 0.717) is 18.1 Å².